The van der Waals surface area contributed by atoms with Gasteiger partial charge in [-0.2, -0.15) is 0 Å². The molecule has 1 heterocycles. The first-order valence-electron chi connectivity index (χ1n) is 7.82. The predicted octanol–water partition coefficient (Wildman–Crippen LogP) is 4.46. The van der Waals surface area contributed by atoms with Crippen LogP contribution in [0.5, 0.6) is 0 Å². The van der Waals surface area contributed by atoms with Crippen LogP contribution in [0, 0.1) is 6.92 Å². The van der Waals surface area contributed by atoms with Gasteiger partial charge >= 0.3 is 0 Å². The Bertz CT molecular complexity index is 651. The van der Waals surface area contributed by atoms with E-state index in [4.69, 9.17) is 0 Å². The van der Waals surface area contributed by atoms with Crippen LogP contribution in [0.25, 0.3) is 0 Å². The molecule has 0 unspecified atom stereocenters. The minimum Gasteiger partial charge on any atom is -0.312 e. The van der Waals surface area contributed by atoms with Crippen molar-refractivity contribution in [3.05, 3.63) is 59.7 Å². The highest BCUT2D eigenvalue weighted by Crippen LogP contribution is 2.28. The van der Waals surface area contributed by atoms with Crippen LogP contribution in [0.3, 0.4) is 0 Å². The molecule has 0 aliphatic carbocycles. The molecule has 114 valence electrons. The number of carbonyl (C=O) groups excluding carboxylic acids is 1. The highest BCUT2D eigenvalue weighted by Gasteiger charge is 2.21. The van der Waals surface area contributed by atoms with Gasteiger partial charge in [-0.25, -0.2) is 0 Å². The summed E-state index contributed by atoms with van der Waals surface area (Å²) in [7, 11) is 0. The fourth-order valence-electron chi connectivity index (χ4n) is 2.82. The number of anilines is 1. The van der Waals surface area contributed by atoms with E-state index in [0.29, 0.717) is 6.42 Å². The Morgan fingerprint density at radius 1 is 1.14 bits per heavy atom. The average Bonchev–Trinajstić information content (AvgIpc) is 2.56. The molecule has 0 N–H and O–H groups in total. The molecule has 2 aromatic rings. The highest BCUT2D eigenvalue weighted by atomic mass is 32.2. The number of carbonyl (C=O) groups is 1. The van der Waals surface area contributed by atoms with Gasteiger partial charge in [-0.1, -0.05) is 35.9 Å². The van der Waals surface area contributed by atoms with Crippen molar-refractivity contribution in [3.63, 3.8) is 0 Å². The second-order valence-electron chi connectivity index (χ2n) is 5.69. The second kappa shape index (κ2) is 7.01. The van der Waals surface area contributed by atoms with E-state index in [1.807, 2.05) is 11.0 Å². The number of hydrogen-bond donors (Lipinski definition) is 0. The Morgan fingerprint density at radius 3 is 2.73 bits per heavy atom. The van der Waals surface area contributed by atoms with Crippen LogP contribution in [0.2, 0.25) is 0 Å². The lowest BCUT2D eigenvalue weighted by Gasteiger charge is -2.29. The molecule has 0 atom stereocenters. The number of hydrogen-bond acceptors (Lipinski definition) is 2. The molecule has 1 aliphatic rings. The van der Waals surface area contributed by atoms with Crippen molar-refractivity contribution in [2.24, 2.45) is 0 Å². The van der Waals surface area contributed by atoms with Gasteiger partial charge in [0, 0.05) is 29.3 Å². The summed E-state index contributed by atoms with van der Waals surface area (Å²) in [5.74, 6) is 1.08. The molecule has 2 aromatic carbocycles. The van der Waals surface area contributed by atoms with Crippen molar-refractivity contribution in [3.8, 4) is 0 Å². The highest BCUT2D eigenvalue weighted by molar-refractivity contribution is 7.99. The summed E-state index contributed by atoms with van der Waals surface area (Å²) in [5.41, 5.74) is 3.68. The number of benzene rings is 2. The summed E-state index contributed by atoms with van der Waals surface area (Å²) >= 11 is 1.76. The maximum Gasteiger partial charge on any atom is 0.227 e. The zero-order valence-electron chi connectivity index (χ0n) is 12.9. The van der Waals surface area contributed by atoms with E-state index in [9.17, 15) is 4.79 Å². The van der Waals surface area contributed by atoms with Crippen molar-refractivity contribution in [2.75, 3.05) is 17.2 Å². The monoisotopic (exact) mass is 311 g/mol. The molecule has 0 saturated heterocycles. The van der Waals surface area contributed by atoms with Gasteiger partial charge in [-0.3, -0.25) is 4.79 Å². The Labute approximate surface area is 136 Å². The first-order chi connectivity index (χ1) is 10.7. The zero-order valence-corrected chi connectivity index (χ0v) is 13.7. The maximum absolute atomic E-state index is 12.5. The Morgan fingerprint density at radius 2 is 1.91 bits per heavy atom. The molecular weight excluding hydrogens is 290 g/mol. The molecular formula is C19H21NOS. The van der Waals surface area contributed by atoms with Gasteiger partial charge in [0.15, 0.2) is 0 Å². The molecule has 0 aromatic heterocycles. The Kier molecular flexibility index (Phi) is 4.84. The summed E-state index contributed by atoms with van der Waals surface area (Å²) in [5, 5.41) is 0. The summed E-state index contributed by atoms with van der Waals surface area (Å²) in [6.45, 7) is 2.94. The lowest BCUT2D eigenvalue weighted by atomic mass is 10.0. The van der Waals surface area contributed by atoms with Gasteiger partial charge < -0.3 is 4.90 Å². The van der Waals surface area contributed by atoms with Crippen LogP contribution < -0.4 is 4.90 Å². The van der Waals surface area contributed by atoms with Crippen LogP contribution in [0.1, 0.15) is 24.0 Å². The Balaban J connectivity index is 1.58. The number of thioether (sulfide) groups is 1. The topological polar surface area (TPSA) is 20.3 Å². The molecule has 3 heteroatoms. The molecule has 0 saturated carbocycles. The smallest absolute Gasteiger partial charge is 0.227 e. The third kappa shape index (κ3) is 3.53. The second-order valence-corrected chi connectivity index (χ2v) is 6.86. The fourth-order valence-corrected chi connectivity index (χ4v) is 3.66. The number of rotatable bonds is 4. The van der Waals surface area contributed by atoms with Crippen molar-refractivity contribution < 1.29 is 4.79 Å². The fraction of sp³-hybridized carbons (Fsp3) is 0.316. The van der Waals surface area contributed by atoms with Crippen LogP contribution >= 0.6 is 11.8 Å². The Hall–Kier alpha value is -1.74. The summed E-state index contributed by atoms with van der Waals surface area (Å²) in [6.07, 6.45) is 2.73. The van der Waals surface area contributed by atoms with Gasteiger partial charge in [-0.15, -0.1) is 11.8 Å². The van der Waals surface area contributed by atoms with Gasteiger partial charge in [0.05, 0.1) is 0 Å². The minimum atomic E-state index is 0.242. The maximum atomic E-state index is 12.5. The van der Waals surface area contributed by atoms with E-state index in [1.54, 1.807) is 11.8 Å². The number of para-hydroxylation sites is 1. The molecule has 3 rings (SSSR count). The number of aryl methyl sites for hydroxylation is 2. The lowest BCUT2D eigenvalue weighted by Crippen LogP contribution is -2.35. The molecule has 0 spiro atoms. The van der Waals surface area contributed by atoms with Crippen molar-refractivity contribution in [1.29, 1.82) is 0 Å². The van der Waals surface area contributed by atoms with Gasteiger partial charge in [-0.05, 0) is 43.5 Å². The van der Waals surface area contributed by atoms with Crippen LogP contribution in [-0.2, 0) is 11.2 Å². The normalized spacial score (nSPS) is 13.8. The van der Waals surface area contributed by atoms with E-state index in [-0.39, 0.29) is 5.91 Å². The summed E-state index contributed by atoms with van der Waals surface area (Å²) in [4.78, 5) is 15.7. The standard InChI is InChI=1S/C19H21NOS/c1-15-8-10-17(11-9-15)22-14-12-19(21)20-13-4-6-16-5-2-3-7-18(16)20/h2-3,5,7-11H,4,6,12-14H2,1H3. The SMILES string of the molecule is Cc1ccc(SCCC(=O)N2CCCc3ccccc32)cc1. The van der Waals surface area contributed by atoms with Gasteiger partial charge in [0.1, 0.15) is 0 Å². The third-order valence-electron chi connectivity index (χ3n) is 4.02. The van der Waals surface area contributed by atoms with Gasteiger partial charge in [0.25, 0.3) is 0 Å². The molecule has 0 fully saturated rings. The number of fused-ring (bicyclic) bond motifs is 1. The molecule has 1 amide bonds. The van der Waals surface area contributed by atoms with Crippen LogP contribution in [0.4, 0.5) is 5.69 Å². The third-order valence-corrected chi connectivity index (χ3v) is 5.03. The van der Waals surface area contributed by atoms with E-state index in [1.165, 1.54) is 16.0 Å². The zero-order chi connectivity index (χ0) is 15.4. The van der Waals surface area contributed by atoms with E-state index in [2.05, 4.69) is 49.4 Å². The number of amides is 1. The lowest BCUT2D eigenvalue weighted by molar-refractivity contribution is -0.118. The van der Waals surface area contributed by atoms with Crippen LogP contribution in [-0.4, -0.2) is 18.2 Å². The summed E-state index contributed by atoms with van der Waals surface area (Å²) < 4.78 is 0. The van der Waals surface area contributed by atoms with Crippen molar-refractivity contribution >= 4 is 23.4 Å². The summed E-state index contributed by atoms with van der Waals surface area (Å²) in [6, 6.07) is 16.8. The van der Waals surface area contributed by atoms with E-state index < -0.39 is 0 Å². The van der Waals surface area contributed by atoms with Gasteiger partial charge in [0.2, 0.25) is 5.91 Å². The molecule has 1 aliphatic heterocycles. The first-order valence-corrected chi connectivity index (χ1v) is 8.80. The first kappa shape index (κ1) is 15.2. The molecule has 22 heavy (non-hydrogen) atoms. The molecule has 0 radical (unpaired) electrons. The predicted molar refractivity (Wildman–Crippen MR) is 93.6 cm³/mol. The quantitative estimate of drug-likeness (QED) is 0.777. The van der Waals surface area contributed by atoms with Crippen LogP contribution in [0.15, 0.2) is 53.4 Å². The molecule has 2 nitrogen and oxygen atoms in total. The van der Waals surface area contributed by atoms with Crippen molar-refractivity contribution in [1.82, 2.24) is 0 Å². The number of nitrogens with zero attached hydrogens (tertiary/aromatic N) is 1. The molecule has 0 bridgehead atoms. The van der Waals surface area contributed by atoms with E-state index in [0.717, 1.165) is 30.8 Å². The average molecular weight is 311 g/mol. The van der Waals surface area contributed by atoms with E-state index >= 15 is 0 Å². The van der Waals surface area contributed by atoms with Crippen molar-refractivity contribution in [2.45, 2.75) is 31.1 Å². The minimum absolute atomic E-state index is 0.242. The largest absolute Gasteiger partial charge is 0.312 e.